The number of hydrogen-bond donors (Lipinski definition) is 2. The summed E-state index contributed by atoms with van der Waals surface area (Å²) in [5, 5.41) is 5.81. The van der Waals surface area contributed by atoms with E-state index in [1.54, 1.807) is 6.92 Å². The first-order valence-electron chi connectivity index (χ1n) is 11.3. The van der Waals surface area contributed by atoms with Crippen molar-refractivity contribution in [3.8, 4) is 22.6 Å². The summed E-state index contributed by atoms with van der Waals surface area (Å²) >= 11 is 0. The van der Waals surface area contributed by atoms with E-state index in [1.165, 1.54) is 0 Å². The van der Waals surface area contributed by atoms with Gasteiger partial charge in [0, 0.05) is 12.8 Å². The van der Waals surface area contributed by atoms with E-state index in [9.17, 15) is 9.59 Å². The first-order chi connectivity index (χ1) is 16.5. The summed E-state index contributed by atoms with van der Waals surface area (Å²) in [6.07, 6.45) is 1.12. The maximum Gasteiger partial charge on any atom is 0.411 e. The second-order valence-corrected chi connectivity index (χ2v) is 8.56. The van der Waals surface area contributed by atoms with Gasteiger partial charge in [0.2, 0.25) is 12.7 Å². The standard InChI is InChI=1S/C27H26N2O5.H2/c1-3-32-26(31)29-20-9-5-18(6-10-20)22-15-21(8-4-17(22)2)28-25(30)27(12-13-27)19-7-11-23-24(14-19)34-16-33-23;/h4-11,14-15H,3,12-13,16H2,1-2H3,(H,28,30)(H,29,31);1H. The van der Waals surface area contributed by atoms with Gasteiger partial charge in [0.1, 0.15) is 0 Å². The number of benzene rings is 3. The number of amides is 2. The van der Waals surface area contributed by atoms with Crippen LogP contribution in [0.4, 0.5) is 16.2 Å². The van der Waals surface area contributed by atoms with Crippen LogP contribution in [0.25, 0.3) is 11.1 Å². The minimum Gasteiger partial charge on any atom is -0.454 e. The van der Waals surface area contributed by atoms with Crippen LogP contribution in [0.1, 0.15) is 32.3 Å². The molecule has 1 aliphatic heterocycles. The van der Waals surface area contributed by atoms with Crippen molar-refractivity contribution in [1.82, 2.24) is 0 Å². The lowest BCUT2D eigenvalue weighted by Gasteiger charge is -2.17. The Morgan fingerprint density at radius 1 is 0.941 bits per heavy atom. The number of nitrogens with one attached hydrogen (secondary N) is 2. The van der Waals surface area contributed by atoms with Crippen molar-refractivity contribution in [2.24, 2.45) is 0 Å². The average molecular weight is 461 g/mol. The Morgan fingerprint density at radius 2 is 1.68 bits per heavy atom. The van der Waals surface area contributed by atoms with Crippen LogP contribution in [0.5, 0.6) is 11.5 Å². The van der Waals surface area contributed by atoms with Crippen LogP contribution in [0.2, 0.25) is 0 Å². The number of fused-ring (bicyclic) bond motifs is 1. The molecule has 0 saturated heterocycles. The van der Waals surface area contributed by atoms with Crippen LogP contribution in [-0.2, 0) is 14.9 Å². The minimum absolute atomic E-state index is 0. The molecule has 5 rings (SSSR count). The number of hydrogen-bond acceptors (Lipinski definition) is 5. The summed E-state index contributed by atoms with van der Waals surface area (Å²) in [5.74, 6) is 1.39. The topological polar surface area (TPSA) is 85.9 Å². The molecule has 7 heteroatoms. The molecular weight excluding hydrogens is 432 g/mol. The van der Waals surface area contributed by atoms with Crippen molar-refractivity contribution in [3.05, 3.63) is 71.8 Å². The molecule has 2 amide bonds. The van der Waals surface area contributed by atoms with Gasteiger partial charge < -0.3 is 19.5 Å². The monoisotopic (exact) mass is 460 g/mol. The average Bonchev–Trinajstić information content (AvgIpc) is 3.52. The molecule has 0 radical (unpaired) electrons. The highest BCUT2D eigenvalue weighted by Crippen LogP contribution is 2.51. The molecule has 0 atom stereocenters. The molecule has 0 unspecified atom stereocenters. The number of ether oxygens (including phenoxy) is 3. The van der Waals surface area contributed by atoms with Gasteiger partial charge in [-0.1, -0.05) is 24.3 Å². The normalized spacial score (nSPS) is 14.9. The van der Waals surface area contributed by atoms with Gasteiger partial charge in [-0.15, -0.1) is 0 Å². The van der Waals surface area contributed by atoms with Crippen molar-refractivity contribution in [2.45, 2.75) is 32.1 Å². The van der Waals surface area contributed by atoms with Crippen LogP contribution in [0.15, 0.2) is 60.7 Å². The van der Waals surface area contributed by atoms with Crippen molar-refractivity contribution in [2.75, 3.05) is 24.0 Å². The molecule has 0 bridgehead atoms. The van der Waals surface area contributed by atoms with Crippen LogP contribution < -0.4 is 20.1 Å². The van der Waals surface area contributed by atoms with Gasteiger partial charge >= 0.3 is 6.09 Å². The SMILES string of the molecule is CCOC(=O)Nc1ccc(-c2cc(NC(=O)C3(c4ccc5c(c4)OCO5)CC3)ccc2C)cc1.[HH]. The minimum atomic E-state index is -0.535. The predicted molar refractivity (Wildman–Crippen MR) is 131 cm³/mol. The first kappa shape index (κ1) is 21.8. The number of rotatable bonds is 6. The fourth-order valence-electron chi connectivity index (χ4n) is 4.25. The predicted octanol–water partition coefficient (Wildman–Crippen LogP) is 5.88. The van der Waals surface area contributed by atoms with Gasteiger partial charge in [0.25, 0.3) is 0 Å². The molecule has 1 saturated carbocycles. The van der Waals surface area contributed by atoms with E-state index in [2.05, 4.69) is 10.6 Å². The highest BCUT2D eigenvalue weighted by molar-refractivity contribution is 6.02. The fourth-order valence-corrected chi connectivity index (χ4v) is 4.25. The van der Waals surface area contributed by atoms with E-state index in [-0.39, 0.29) is 14.1 Å². The molecule has 2 N–H and O–H groups in total. The number of anilines is 2. The zero-order chi connectivity index (χ0) is 23.7. The van der Waals surface area contributed by atoms with Gasteiger partial charge in [0.15, 0.2) is 11.5 Å². The maximum absolute atomic E-state index is 13.3. The van der Waals surface area contributed by atoms with Gasteiger partial charge in [-0.05, 0) is 85.3 Å². The van der Waals surface area contributed by atoms with Crippen molar-refractivity contribution < 1.29 is 25.2 Å². The molecule has 1 fully saturated rings. The van der Waals surface area contributed by atoms with Gasteiger partial charge in [-0.25, -0.2) is 4.79 Å². The summed E-state index contributed by atoms with van der Waals surface area (Å²) < 4.78 is 15.8. The Bertz CT molecular complexity index is 1250. The van der Waals surface area contributed by atoms with Crippen molar-refractivity contribution >= 4 is 23.4 Å². The molecule has 34 heavy (non-hydrogen) atoms. The Morgan fingerprint density at radius 3 is 2.41 bits per heavy atom. The Balaban J connectivity index is 0.00000289. The largest absolute Gasteiger partial charge is 0.454 e. The highest BCUT2D eigenvalue weighted by atomic mass is 16.7. The van der Waals surface area contributed by atoms with E-state index < -0.39 is 11.5 Å². The third-order valence-corrected chi connectivity index (χ3v) is 6.32. The summed E-state index contributed by atoms with van der Waals surface area (Å²) in [6, 6.07) is 19.2. The summed E-state index contributed by atoms with van der Waals surface area (Å²) in [4.78, 5) is 24.9. The molecule has 176 valence electrons. The second-order valence-electron chi connectivity index (χ2n) is 8.56. The summed E-state index contributed by atoms with van der Waals surface area (Å²) in [7, 11) is 0. The lowest BCUT2D eigenvalue weighted by atomic mass is 9.94. The van der Waals surface area contributed by atoms with Crippen LogP contribution in [0.3, 0.4) is 0 Å². The molecule has 1 heterocycles. The number of carbonyl (C=O) groups is 2. The van der Waals surface area contributed by atoms with Gasteiger partial charge in [0.05, 0.1) is 12.0 Å². The Labute approximate surface area is 199 Å². The zero-order valence-corrected chi connectivity index (χ0v) is 19.1. The van der Waals surface area contributed by atoms with E-state index in [4.69, 9.17) is 14.2 Å². The fraction of sp³-hybridized carbons (Fsp3) is 0.259. The smallest absolute Gasteiger partial charge is 0.411 e. The molecule has 3 aromatic rings. The molecule has 3 aromatic carbocycles. The molecule has 2 aliphatic rings. The Hall–Kier alpha value is -4.00. The van der Waals surface area contributed by atoms with E-state index >= 15 is 0 Å². The van der Waals surface area contributed by atoms with Crippen LogP contribution in [0, 0.1) is 6.92 Å². The second kappa shape index (κ2) is 8.74. The van der Waals surface area contributed by atoms with Crippen LogP contribution in [-0.4, -0.2) is 25.4 Å². The van der Waals surface area contributed by atoms with Crippen molar-refractivity contribution in [3.63, 3.8) is 0 Å². The molecule has 0 aromatic heterocycles. The zero-order valence-electron chi connectivity index (χ0n) is 19.1. The van der Waals surface area contributed by atoms with E-state index in [0.29, 0.717) is 23.8 Å². The van der Waals surface area contributed by atoms with E-state index in [0.717, 1.165) is 40.8 Å². The third-order valence-electron chi connectivity index (χ3n) is 6.32. The van der Waals surface area contributed by atoms with Crippen molar-refractivity contribution in [1.29, 1.82) is 0 Å². The first-order valence-corrected chi connectivity index (χ1v) is 11.3. The quantitative estimate of drug-likeness (QED) is 0.480. The molecule has 7 nitrogen and oxygen atoms in total. The maximum atomic E-state index is 13.3. The molecular formula is C27H28N2O5. The Kier molecular flexibility index (Phi) is 5.61. The van der Waals surface area contributed by atoms with Crippen LogP contribution >= 0.6 is 0 Å². The third kappa shape index (κ3) is 4.17. The van der Waals surface area contributed by atoms with Gasteiger partial charge in [-0.3, -0.25) is 10.1 Å². The summed E-state index contributed by atoms with van der Waals surface area (Å²) in [5.41, 5.74) is 4.89. The van der Waals surface area contributed by atoms with Gasteiger partial charge in [-0.2, -0.15) is 0 Å². The summed E-state index contributed by atoms with van der Waals surface area (Å²) in [6.45, 7) is 4.32. The van der Waals surface area contributed by atoms with E-state index in [1.807, 2.05) is 67.6 Å². The number of carbonyl (C=O) groups excluding carboxylic acids is 2. The molecule has 1 aliphatic carbocycles. The highest BCUT2D eigenvalue weighted by Gasteiger charge is 2.51. The lowest BCUT2D eigenvalue weighted by molar-refractivity contribution is -0.118. The molecule has 0 spiro atoms. The lowest BCUT2D eigenvalue weighted by Crippen LogP contribution is -2.27. The number of aryl methyl sites for hydroxylation is 1.